The Hall–Kier alpha value is -2.22. The Morgan fingerprint density at radius 2 is 1.87 bits per heavy atom. The van der Waals surface area contributed by atoms with Crippen LogP contribution in [0.5, 0.6) is 0 Å². The van der Waals surface area contributed by atoms with Crippen molar-refractivity contribution >= 4 is 11.9 Å². The van der Waals surface area contributed by atoms with E-state index in [1.165, 1.54) is 4.90 Å². The molecule has 0 fully saturated rings. The molecule has 0 aliphatic heterocycles. The summed E-state index contributed by atoms with van der Waals surface area (Å²) in [5, 5.41) is 4.64. The minimum atomic E-state index is -3.12. The van der Waals surface area contributed by atoms with Gasteiger partial charge in [0, 0.05) is 26.6 Å². The van der Waals surface area contributed by atoms with Crippen molar-refractivity contribution in [3.63, 3.8) is 0 Å². The molecule has 0 heterocycles. The molecule has 0 bridgehead atoms. The normalized spacial score (nSPS) is 11.0. The van der Waals surface area contributed by atoms with Crippen molar-refractivity contribution in [2.24, 2.45) is 5.73 Å². The number of urea groups is 1. The van der Waals surface area contributed by atoms with Crippen LogP contribution in [0.1, 0.15) is 12.0 Å². The SMILES string of the molecule is CN(Cc1ccccc1)C(=O)NCCC(=O)NCC(F)(F)CN. The number of hydrogen-bond acceptors (Lipinski definition) is 3. The number of amides is 3. The van der Waals surface area contributed by atoms with Crippen molar-refractivity contribution in [3.8, 4) is 0 Å². The molecule has 1 aromatic rings. The fourth-order valence-electron chi connectivity index (χ4n) is 1.74. The lowest BCUT2D eigenvalue weighted by Crippen LogP contribution is -2.43. The molecule has 0 unspecified atom stereocenters. The van der Waals surface area contributed by atoms with Crippen LogP contribution >= 0.6 is 0 Å². The van der Waals surface area contributed by atoms with Gasteiger partial charge in [-0.3, -0.25) is 4.79 Å². The van der Waals surface area contributed by atoms with Gasteiger partial charge in [-0.2, -0.15) is 0 Å². The van der Waals surface area contributed by atoms with Gasteiger partial charge in [-0.05, 0) is 5.56 Å². The van der Waals surface area contributed by atoms with Gasteiger partial charge in [0.05, 0.1) is 13.1 Å². The van der Waals surface area contributed by atoms with Gasteiger partial charge in [0.1, 0.15) is 0 Å². The molecule has 0 aliphatic rings. The second-order valence-corrected chi connectivity index (χ2v) is 5.16. The molecule has 3 amide bonds. The van der Waals surface area contributed by atoms with E-state index in [4.69, 9.17) is 5.73 Å². The van der Waals surface area contributed by atoms with Gasteiger partial charge in [-0.25, -0.2) is 13.6 Å². The van der Waals surface area contributed by atoms with Gasteiger partial charge in [0.25, 0.3) is 5.92 Å². The number of nitrogens with one attached hydrogen (secondary N) is 2. The molecule has 1 aromatic carbocycles. The zero-order chi connectivity index (χ0) is 17.3. The topological polar surface area (TPSA) is 87.5 Å². The summed E-state index contributed by atoms with van der Waals surface area (Å²) < 4.78 is 25.7. The Kier molecular flexibility index (Phi) is 7.40. The number of nitrogens with two attached hydrogens (primary N) is 1. The molecule has 0 aromatic heterocycles. The molecule has 6 nitrogen and oxygen atoms in total. The third kappa shape index (κ3) is 7.55. The first-order valence-electron chi connectivity index (χ1n) is 7.21. The highest BCUT2D eigenvalue weighted by atomic mass is 19.3. The van der Waals surface area contributed by atoms with E-state index in [1.54, 1.807) is 7.05 Å². The first kappa shape index (κ1) is 18.8. The van der Waals surface area contributed by atoms with E-state index in [1.807, 2.05) is 30.3 Å². The summed E-state index contributed by atoms with van der Waals surface area (Å²) >= 11 is 0. The number of alkyl halides is 2. The zero-order valence-corrected chi connectivity index (χ0v) is 13.0. The Morgan fingerprint density at radius 1 is 1.22 bits per heavy atom. The molecule has 0 spiro atoms. The highest BCUT2D eigenvalue weighted by Gasteiger charge is 2.26. The van der Waals surface area contributed by atoms with E-state index in [0.29, 0.717) is 6.54 Å². The van der Waals surface area contributed by atoms with Gasteiger partial charge < -0.3 is 21.3 Å². The minimum absolute atomic E-state index is 0.0675. The average molecular weight is 328 g/mol. The summed E-state index contributed by atoms with van der Waals surface area (Å²) in [7, 11) is 1.63. The number of nitrogens with zero attached hydrogens (tertiary/aromatic N) is 1. The summed E-state index contributed by atoms with van der Waals surface area (Å²) in [6.45, 7) is -1.13. The lowest BCUT2D eigenvalue weighted by Gasteiger charge is -2.18. The van der Waals surface area contributed by atoms with Gasteiger partial charge in [-0.15, -0.1) is 0 Å². The van der Waals surface area contributed by atoms with E-state index in [0.717, 1.165) is 5.56 Å². The van der Waals surface area contributed by atoms with E-state index in [-0.39, 0.29) is 19.0 Å². The average Bonchev–Trinajstić information content (AvgIpc) is 2.54. The predicted octanol–water partition coefficient (Wildman–Crippen LogP) is 0.928. The summed E-state index contributed by atoms with van der Waals surface area (Å²) in [4.78, 5) is 24.7. The first-order valence-corrected chi connectivity index (χ1v) is 7.21. The van der Waals surface area contributed by atoms with Crippen molar-refractivity contribution in [2.75, 3.05) is 26.7 Å². The fourth-order valence-corrected chi connectivity index (χ4v) is 1.74. The molecular formula is C15H22F2N4O2. The second kappa shape index (κ2) is 9.04. The quantitative estimate of drug-likeness (QED) is 0.663. The standard InChI is InChI=1S/C15H22F2N4O2/c1-21(9-12-5-3-2-4-6-12)14(23)19-8-7-13(22)20-11-15(16,17)10-18/h2-6H,7-11,18H2,1H3,(H,19,23)(H,20,22). The summed E-state index contributed by atoms with van der Waals surface area (Å²) in [5.41, 5.74) is 5.84. The maximum atomic E-state index is 12.9. The van der Waals surface area contributed by atoms with Crippen LogP contribution in [-0.2, 0) is 11.3 Å². The highest BCUT2D eigenvalue weighted by molar-refractivity contribution is 5.78. The van der Waals surface area contributed by atoms with Gasteiger partial charge in [-0.1, -0.05) is 30.3 Å². The summed E-state index contributed by atoms with van der Waals surface area (Å²) in [5.74, 6) is -3.68. The van der Waals surface area contributed by atoms with E-state index in [9.17, 15) is 18.4 Å². The minimum Gasteiger partial charge on any atom is -0.350 e. The third-order valence-corrected chi connectivity index (χ3v) is 3.08. The van der Waals surface area contributed by atoms with Crippen molar-refractivity contribution < 1.29 is 18.4 Å². The molecule has 0 atom stereocenters. The molecule has 0 radical (unpaired) electrons. The molecule has 8 heteroatoms. The van der Waals surface area contributed by atoms with Crippen LogP contribution in [0.2, 0.25) is 0 Å². The molecule has 128 valence electrons. The van der Waals surface area contributed by atoms with Crippen LogP contribution in [0.3, 0.4) is 0 Å². The van der Waals surface area contributed by atoms with Crippen molar-refractivity contribution in [3.05, 3.63) is 35.9 Å². The van der Waals surface area contributed by atoms with Crippen LogP contribution in [0.15, 0.2) is 30.3 Å². The van der Waals surface area contributed by atoms with Gasteiger partial charge in [0.2, 0.25) is 5.91 Å². The summed E-state index contributed by atoms with van der Waals surface area (Å²) in [6.07, 6.45) is -0.0778. The maximum absolute atomic E-state index is 12.9. The Morgan fingerprint density at radius 3 is 2.48 bits per heavy atom. The molecule has 0 aliphatic carbocycles. The number of benzene rings is 1. The third-order valence-electron chi connectivity index (χ3n) is 3.08. The van der Waals surface area contributed by atoms with E-state index < -0.39 is 24.9 Å². The van der Waals surface area contributed by atoms with Crippen LogP contribution in [-0.4, -0.2) is 49.4 Å². The smallest absolute Gasteiger partial charge is 0.317 e. The second-order valence-electron chi connectivity index (χ2n) is 5.16. The van der Waals surface area contributed by atoms with E-state index >= 15 is 0 Å². The number of carbonyl (C=O) groups excluding carboxylic acids is 2. The number of rotatable bonds is 8. The highest BCUT2D eigenvalue weighted by Crippen LogP contribution is 2.08. The van der Waals surface area contributed by atoms with Crippen molar-refractivity contribution in [2.45, 2.75) is 18.9 Å². The largest absolute Gasteiger partial charge is 0.350 e. The van der Waals surface area contributed by atoms with Crippen LogP contribution < -0.4 is 16.4 Å². The van der Waals surface area contributed by atoms with Crippen LogP contribution in [0, 0.1) is 0 Å². The molecule has 0 saturated carbocycles. The number of carbonyl (C=O) groups is 2. The van der Waals surface area contributed by atoms with E-state index in [2.05, 4.69) is 10.6 Å². The molecular weight excluding hydrogens is 306 g/mol. The molecule has 23 heavy (non-hydrogen) atoms. The molecule has 4 N–H and O–H groups in total. The number of halogens is 2. The zero-order valence-electron chi connectivity index (χ0n) is 13.0. The number of hydrogen-bond donors (Lipinski definition) is 3. The van der Waals surface area contributed by atoms with Crippen molar-refractivity contribution in [1.29, 1.82) is 0 Å². The van der Waals surface area contributed by atoms with Gasteiger partial charge >= 0.3 is 6.03 Å². The lowest BCUT2D eigenvalue weighted by atomic mass is 10.2. The van der Waals surface area contributed by atoms with Crippen LogP contribution in [0.25, 0.3) is 0 Å². The lowest BCUT2D eigenvalue weighted by molar-refractivity contribution is -0.122. The van der Waals surface area contributed by atoms with Gasteiger partial charge in [0.15, 0.2) is 0 Å². The predicted molar refractivity (Wildman–Crippen MR) is 82.9 cm³/mol. The Bertz CT molecular complexity index is 511. The first-order chi connectivity index (χ1) is 10.8. The molecule has 0 saturated heterocycles. The van der Waals surface area contributed by atoms with Crippen molar-refractivity contribution in [1.82, 2.24) is 15.5 Å². The molecule has 1 rings (SSSR count). The van der Waals surface area contributed by atoms with Crippen LogP contribution in [0.4, 0.5) is 13.6 Å². The Balaban J connectivity index is 2.24. The monoisotopic (exact) mass is 328 g/mol. The summed E-state index contributed by atoms with van der Waals surface area (Å²) in [6, 6.07) is 9.10. The maximum Gasteiger partial charge on any atom is 0.317 e. The Labute approximate surface area is 134 Å². The fraction of sp³-hybridized carbons (Fsp3) is 0.467.